The van der Waals surface area contributed by atoms with E-state index in [0.29, 0.717) is 0 Å². The molecule has 4 aromatic rings. The van der Waals surface area contributed by atoms with Crippen molar-refractivity contribution in [2.24, 2.45) is 4.99 Å². The highest BCUT2D eigenvalue weighted by molar-refractivity contribution is 5.99. The Kier molecular flexibility index (Phi) is 4.25. The predicted molar refractivity (Wildman–Crippen MR) is 107 cm³/mol. The van der Waals surface area contributed by atoms with Crippen molar-refractivity contribution >= 4 is 35.0 Å². The number of aromatic amines is 1. The molecule has 0 aliphatic heterocycles. The van der Waals surface area contributed by atoms with E-state index in [4.69, 9.17) is 4.99 Å². The quantitative estimate of drug-likeness (QED) is 0.440. The second-order valence-electron chi connectivity index (χ2n) is 5.85. The summed E-state index contributed by atoms with van der Waals surface area (Å²) in [5.74, 6) is 0. The van der Waals surface area contributed by atoms with Crippen molar-refractivity contribution in [3.05, 3.63) is 102 Å². The zero-order valence-corrected chi connectivity index (χ0v) is 13.8. The fraction of sp³-hybridized carbons (Fsp3) is 0. The van der Waals surface area contributed by atoms with Gasteiger partial charge in [-0.1, -0.05) is 84.9 Å². The standard InChI is InChI=1S/C23H18N2/c1-3-9-18(10-4-1)15-16-22-23(20-13-7-8-14-21(20)25-22)24-17-19-11-5-2-6-12-19/h1-17,25H/b16-15+,24-17?. The summed E-state index contributed by atoms with van der Waals surface area (Å²) in [4.78, 5) is 8.24. The summed E-state index contributed by atoms with van der Waals surface area (Å²) < 4.78 is 0. The molecule has 1 N–H and O–H groups in total. The topological polar surface area (TPSA) is 28.1 Å². The average molecular weight is 322 g/mol. The van der Waals surface area contributed by atoms with Crippen molar-refractivity contribution in [3.8, 4) is 0 Å². The van der Waals surface area contributed by atoms with Gasteiger partial charge in [-0.25, -0.2) is 0 Å². The third-order valence-electron chi connectivity index (χ3n) is 4.09. The molecule has 0 saturated carbocycles. The minimum Gasteiger partial charge on any atom is -0.353 e. The second kappa shape index (κ2) is 7.02. The Balaban J connectivity index is 1.76. The van der Waals surface area contributed by atoms with Crippen LogP contribution in [-0.4, -0.2) is 11.2 Å². The lowest BCUT2D eigenvalue weighted by molar-refractivity contribution is 1.41. The van der Waals surface area contributed by atoms with Crippen molar-refractivity contribution in [2.75, 3.05) is 0 Å². The van der Waals surface area contributed by atoms with Crippen molar-refractivity contribution in [1.82, 2.24) is 4.98 Å². The van der Waals surface area contributed by atoms with Crippen LogP contribution < -0.4 is 0 Å². The summed E-state index contributed by atoms with van der Waals surface area (Å²) in [6.07, 6.45) is 6.11. The van der Waals surface area contributed by atoms with Gasteiger partial charge in [0.1, 0.15) is 0 Å². The Labute approximate surface area is 147 Å². The maximum atomic E-state index is 4.77. The molecule has 3 aromatic carbocycles. The summed E-state index contributed by atoms with van der Waals surface area (Å²) in [7, 11) is 0. The van der Waals surface area contributed by atoms with Crippen LogP contribution in [0.4, 0.5) is 5.69 Å². The van der Waals surface area contributed by atoms with E-state index < -0.39 is 0 Å². The van der Waals surface area contributed by atoms with E-state index in [0.717, 1.165) is 27.8 Å². The molecule has 0 fully saturated rings. The van der Waals surface area contributed by atoms with Gasteiger partial charge in [0.25, 0.3) is 0 Å². The molecule has 2 nitrogen and oxygen atoms in total. The lowest BCUT2D eigenvalue weighted by Crippen LogP contribution is -1.79. The largest absolute Gasteiger partial charge is 0.353 e. The lowest BCUT2D eigenvalue weighted by Gasteiger charge is -1.96. The molecule has 0 spiro atoms. The molecule has 0 bridgehead atoms. The van der Waals surface area contributed by atoms with E-state index >= 15 is 0 Å². The molecule has 0 atom stereocenters. The normalized spacial score (nSPS) is 11.7. The van der Waals surface area contributed by atoms with Gasteiger partial charge in [0.2, 0.25) is 0 Å². The molecule has 2 heteroatoms. The Hall–Kier alpha value is -3.39. The fourth-order valence-electron chi connectivity index (χ4n) is 2.83. The minimum absolute atomic E-state index is 0.964. The number of hydrogen-bond acceptors (Lipinski definition) is 1. The molecular weight excluding hydrogens is 304 g/mol. The van der Waals surface area contributed by atoms with Gasteiger partial charge in [0.15, 0.2) is 0 Å². The molecule has 1 heterocycles. The summed E-state index contributed by atoms with van der Waals surface area (Å²) in [5, 5.41) is 1.13. The maximum absolute atomic E-state index is 4.77. The first-order valence-corrected chi connectivity index (χ1v) is 8.33. The highest BCUT2D eigenvalue weighted by atomic mass is 14.8. The average Bonchev–Trinajstić information content (AvgIpc) is 3.04. The summed E-state index contributed by atoms with van der Waals surface area (Å²) in [6, 6.07) is 28.7. The van der Waals surface area contributed by atoms with Gasteiger partial charge in [-0.2, -0.15) is 0 Å². The van der Waals surface area contributed by atoms with Gasteiger partial charge >= 0.3 is 0 Å². The van der Waals surface area contributed by atoms with Crippen LogP contribution in [0.15, 0.2) is 89.9 Å². The van der Waals surface area contributed by atoms with Crippen LogP contribution in [0, 0.1) is 0 Å². The molecule has 0 radical (unpaired) electrons. The van der Waals surface area contributed by atoms with Gasteiger partial charge in [-0.05, 0) is 23.3 Å². The Morgan fingerprint density at radius 1 is 0.640 bits per heavy atom. The fourth-order valence-corrected chi connectivity index (χ4v) is 2.83. The first kappa shape index (κ1) is 15.2. The molecule has 0 amide bonds. The highest BCUT2D eigenvalue weighted by Gasteiger charge is 2.07. The van der Waals surface area contributed by atoms with Crippen LogP contribution in [0.1, 0.15) is 16.8 Å². The van der Waals surface area contributed by atoms with Crippen molar-refractivity contribution in [1.29, 1.82) is 0 Å². The number of para-hydroxylation sites is 1. The zero-order chi connectivity index (χ0) is 16.9. The van der Waals surface area contributed by atoms with E-state index in [-0.39, 0.29) is 0 Å². The van der Waals surface area contributed by atoms with Crippen LogP contribution in [0.3, 0.4) is 0 Å². The van der Waals surface area contributed by atoms with E-state index in [1.54, 1.807) is 0 Å². The van der Waals surface area contributed by atoms with E-state index in [1.165, 1.54) is 5.56 Å². The Morgan fingerprint density at radius 3 is 2.04 bits per heavy atom. The van der Waals surface area contributed by atoms with Crippen LogP contribution in [0.5, 0.6) is 0 Å². The second-order valence-corrected chi connectivity index (χ2v) is 5.85. The zero-order valence-electron chi connectivity index (χ0n) is 13.8. The molecule has 0 saturated heterocycles. The molecule has 120 valence electrons. The van der Waals surface area contributed by atoms with Gasteiger partial charge in [-0.3, -0.25) is 4.99 Å². The maximum Gasteiger partial charge on any atom is 0.0957 e. The van der Waals surface area contributed by atoms with Crippen LogP contribution >= 0.6 is 0 Å². The van der Waals surface area contributed by atoms with E-state index in [1.807, 2.05) is 54.7 Å². The molecule has 0 aliphatic rings. The number of fused-ring (bicyclic) bond motifs is 1. The first-order chi connectivity index (χ1) is 12.4. The number of aliphatic imine (C=N–C) groups is 1. The van der Waals surface area contributed by atoms with Crippen molar-refractivity contribution in [2.45, 2.75) is 0 Å². The predicted octanol–water partition coefficient (Wildman–Crippen LogP) is 6.09. The molecule has 4 rings (SSSR count). The highest BCUT2D eigenvalue weighted by Crippen LogP contribution is 2.31. The number of nitrogens with zero attached hydrogens (tertiary/aromatic N) is 1. The number of H-pyrrole nitrogens is 1. The van der Waals surface area contributed by atoms with Crippen molar-refractivity contribution in [3.63, 3.8) is 0 Å². The third kappa shape index (κ3) is 3.43. The molecule has 1 aromatic heterocycles. The number of benzene rings is 3. The number of rotatable bonds is 4. The Bertz CT molecular complexity index is 1030. The summed E-state index contributed by atoms with van der Waals surface area (Å²) in [5.41, 5.74) is 5.32. The number of aromatic nitrogens is 1. The van der Waals surface area contributed by atoms with E-state index in [2.05, 4.69) is 53.5 Å². The summed E-state index contributed by atoms with van der Waals surface area (Å²) >= 11 is 0. The van der Waals surface area contributed by atoms with Crippen LogP contribution in [0.25, 0.3) is 23.1 Å². The van der Waals surface area contributed by atoms with Crippen LogP contribution in [0.2, 0.25) is 0 Å². The molecular formula is C23H18N2. The van der Waals surface area contributed by atoms with Crippen LogP contribution in [-0.2, 0) is 0 Å². The molecule has 0 unspecified atom stereocenters. The van der Waals surface area contributed by atoms with E-state index in [9.17, 15) is 0 Å². The number of nitrogens with one attached hydrogen (secondary N) is 1. The van der Waals surface area contributed by atoms with Crippen molar-refractivity contribution < 1.29 is 0 Å². The SMILES string of the molecule is C(=Nc1c(/C=C/c2ccccc2)[nH]c2ccccc12)c1ccccc1. The Morgan fingerprint density at radius 2 is 1.28 bits per heavy atom. The van der Waals surface area contributed by atoms with Gasteiger partial charge < -0.3 is 4.98 Å². The molecule has 0 aliphatic carbocycles. The summed E-state index contributed by atoms with van der Waals surface area (Å²) in [6.45, 7) is 0. The van der Waals surface area contributed by atoms with Gasteiger partial charge in [-0.15, -0.1) is 0 Å². The molecule has 25 heavy (non-hydrogen) atoms. The lowest BCUT2D eigenvalue weighted by atomic mass is 10.2. The smallest absolute Gasteiger partial charge is 0.0957 e. The van der Waals surface area contributed by atoms with Gasteiger partial charge in [0, 0.05) is 17.1 Å². The third-order valence-corrected chi connectivity index (χ3v) is 4.09. The monoisotopic (exact) mass is 322 g/mol. The minimum atomic E-state index is 0.964. The number of hydrogen-bond donors (Lipinski definition) is 1. The first-order valence-electron chi connectivity index (χ1n) is 8.33. The van der Waals surface area contributed by atoms with Gasteiger partial charge in [0.05, 0.1) is 11.4 Å².